The number of hydrogen-bond acceptors (Lipinski definition) is 5. The molecule has 3 rings (SSSR count). The second-order valence-corrected chi connectivity index (χ2v) is 7.29. The highest BCUT2D eigenvalue weighted by Crippen LogP contribution is 2.19. The van der Waals surface area contributed by atoms with Crippen molar-refractivity contribution in [3.05, 3.63) is 53.9 Å². The van der Waals surface area contributed by atoms with E-state index in [1.54, 1.807) is 71.6 Å². The summed E-state index contributed by atoms with van der Waals surface area (Å²) in [4.78, 5) is 37.4. The molecule has 0 aliphatic rings. The Morgan fingerprint density at radius 3 is 1.78 bits per heavy atom. The Morgan fingerprint density at radius 2 is 1.31 bits per heavy atom. The molecule has 0 atom stereocenters. The summed E-state index contributed by atoms with van der Waals surface area (Å²) in [5.41, 5.74) is 8.14. The maximum Gasteiger partial charge on any atom is 0.272 e. The zero-order valence-electron chi connectivity index (χ0n) is 18.0. The number of nitrogen functional groups attached to an aromatic ring is 1. The fourth-order valence-electron chi connectivity index (χ4n) is 3.25. The molecule has 0 bridgehead atoms. The van der Waals surface area contributed by atoms with Crippen LogP contribution in [0.1, 0.15) is 37.9 Å². The van der Waals surface area contributed by atoms with Crippen molar-refractivity contribution >= 4 is 34.8 Å². The van der Waals surface area contributed by atoms with Gasteiger partial charge in [0.25, 0.3) is 17.7 Å². The maximum absolute atomic E-state index is 12.8. The number of nitrogens with one attached hydrogen (secondary N) is 3. The molecule has 3 aromatic heterocycles. The lowest BCUT2D eigenvalue weighted by Gasteiger charge is -2.03. The summed E-state index contributed by atoms with van der Waals surface area (Å²) in [5, 5.41) is 16.7. The third kappa shape index (κ3) is 4.81. The average molecular weight is 436 g/mol. The van der Waals surface area contributed by atoms with Crippen LogP contribution in [-0.4, -0.2) is 38.0 Å². The topological polar surface area (TPSA) is 152 Å². The van der Waals surface area contributed by atoms with Crippen molar-refractivity contribution < 1.29 is 14.4 Å². The number of nitrogens with zero attached hydrogens (tertiary/aromatic N) is 4. The number of nitriles is 1. The molecule has 166 valence electrons. The lowest BCUT2D eigenvalue weighted by atomic mass is 10.3. The Kier molecular flexibility index (Phi) is 6.34. The van der Waals surface area contributed by atoms with E-state index < -0.39 is 5.91 Å². The van der Waals surface area contributed by atoms with E-state index in [0.717, 1.165) is 0 Å². The van der Waals surface area contributed by atoms with Crippen molar-refractivity contribution in [3.63, 3.8) is 0 Å². The lowest BCUT2D eigenvalue weighted by Crippen LogP contribution is -2.25. The van der Waals surface area contributed by atoms with E-state index in [1.807, 2.05) is 6.07 Å². The zero-order valence-corrected chi connectivity index (χ0v) is 18.0. The first kappa shape index (κ1) is 22.2. The number of rotatable bonds is 7. The van der Waals surface area contributed by atoms with E-state index in [9.17, 15) is 14.4 Å². The Morgan fingerprint density at radius 1 is 0.844 bits per heavy atom. The van der Waals surface area contributed by atoms with Gasteiger partial charge in [0.05, 0.1) is 29.6 Å². The van der Waals surface area contributed by atoms with Crippen molar-refractivity contribution in [1.29, 1.82) is 5.26 Å². The summed E-state index contributed by atoms with van der Waals surface area (Å²) in [7, 11) is 5.08. The van der Waals surface area contributed by atoms with E-state index in [0.29, 0.717) is 34.1 Å². The number of nitrogens with two attached hydrogens (primary N) is 1. The summed E-state index contributed by atoms with van der Waals surface area (Å²) in [5.74, 6) is -1.09. The molecule has 0 fully saturated rings. The molecule has 0 radical (unpaired) electrons. The van der Waals surface area contributed by atoms with Crippen LogP contribution in [0.3, 0.4) is 0 Å². The van der Waals surface area contributed by atoms with Crippen LogP contribution in [0, 0.1) is 11.3 Å². The SMILES string of the molecule is Cn1cc(NC(=O)c2cc(NC(=O)c3cc(N)cn3C)cn2C)cc1C(=O)NCCC#N. The quantitative estimate of drug-likeness (QED) is 0.413. The minimum Gasteiger partial charge on any atom is -0.397 e. The molecule has 11 nitrogen and oxygen atoms in total. The van der Waals surface area contributed by atoms with Gasteiger partial charge in [-0.3, -0.25) is 14.4 Å². The van der Waals surface area contributed by atoms with Gasteiger partial charge in [-0.25, -0.2) is 0 Å². The summed E-state index contributed by atoms with van der Waals surface area (Å²) in [6, 6.07) is 6.62. The second kappa shape index (κ2) is 9.13. The van der Waals surface area contributed by atoms with Gasteiger partial charge >= 0.3 is 0 Å². The number of amides is 3. The predicted molar refractivity (Wildman–Crippen MR) is 119 cm³/mol. The molecule has 3 amide bonds. The molecular formula is C21H24N8O3. The standard InChI is InChI=1S/C21H24N8O3/c1-27-10-13(23)7-16(27)20(31)25-15-9-18(29(3)12-15)21(32)26-14-8-17(28(2)11-14)19(30)24-6-4-5-22/h7-12H,4,6,23H2,1-3H3,(H,24,30)(H,25,31)(H,26,32). The Labute approximate surface area is 184 Å². The summed E-state index contributed by atoms with van der Waals surface area (Å²) in [6.45, 7) is 0.245. The van der Waals surface area contributed by atoms with Gasteiger partial charge in [0.15, 0.2) is 0 Å². The molecule has 3 heterocycles. The van der Waals surface area contributed by atoms with Gasteiger partial charge < -0.3 is 35.4 Å². The Bertz CT molecular complexity index is 1220. The second-order valence-electron chi connectivity index (χ2n) is 7.29. The highest BCUT2D eigenvalue weighted by atomic mass is 16.2. The lowest BCUT2D eigenvalue weighted by molar-refractivity contribution is 0.0944. The van der Waals surface area contributed by atoms with Crippen LogP contribution in [0.25, 0.3) is 0 Å². The van der Waals surface area contributed by atoms with Gasteiger partial charge in [-0.15, -0.1) is 0 Å². The van der Waals surface area contributed by atoms with Gasteiger partial charge in [-0.1, -0.05) is 0 Å². The summed E-state index contributed by atoms with van der Waals surface area (Å²) < 4.78 is 4.78. The van der Waals surface area contributed by atoms with Gasteiger partial charge in [-0.05, 0) is 18.2 Å². The zero-order chi connectivity index (χ0) is 23.4. The molecular weight excluding hydrogens is 412 g/mol. The van der Waals surface area contributed by atoms with Crippen LogP contribution in [0.5, 0.6) is 0 Å². The van der Waals surface area contributed by atoms with Gasteiger partial charge in [-0.2, -0.15) is 5.26 Å². The Hall–Kier alpha value is -4.46. The molecule has 0 unspecified atom stereocenters. The third-order valence-corrected chi connectivity index (χ3v) is 4.77. The number of hydrogen-bond donors (Lipinski definition) is 4. The molecule has 0 saturated carbocycles. The number of aromatic nitrogens is 3. The van der Waals surface area contributed by atoms with E-state index >= 15 is 0 Å². The van der Waals surface area contributed by atoms with Crippen LogP contribution in [0.4, 0.5) is 17.1 Å². The number of carbonyl (C=O) groups excluding carboxylic acids is 3. The van der Waals surface area contributed by atoms with Gasteiger partial charge in [0.1, 0.15) is 17.1 Å². The normalized spacial score (nSPS) is 10.4. The van der Waals surface area contributed by atoms with Crippen molar-refractivity contribution in [2.45, 2.75) is 6.42 Å². The highest BCUT2D eigenvalue weighted by Gasteiger charge is 2.18. The number of carbonyl (C=O) groups is 3. The molecule has 3 aromatic rings. The molecule has 11 heteroatoms. The molecule has 0 aliphatic carbocycles. The van der Waals surface area contributed by atoms with Crippen molar-refractivity contribution in [2.75, 3.05) is 22.9 Å². The highest BCUT2D eigenvalue weighted by molar-refractivity contribution is 6.07. The maximum atomic E-state index is 12.8. The largest absolute Gasteiger partial charge is 0.397 e. The first-order valence-electron chi connectivity index (χ1n) is 9.72. The fourth-order valence-corrected chi connectivity index (χ4v) is 3.25. The Balaban J connectivity index is 1.69. The van der Waals surface area contributed by atoms with E-state index in [-0.39, 0.29) is 24.8 Å². The smallest absolute Gasteiger partial charge is 0.272 e. The first-order chi connectivity index (χ1) is 15.2. The monoisotopic (exact) mass is 436 g/mol. The van der Waals surface area contributed by atoms with E-state index in [4.69, 9.17) is 11.0 Å². The molecule has 32 heavy (non-hydrogen) atoms. The van der Waals surface area contributed by atoms with Crippen LogP contribution in [0.15, 0.2) is 36.8 Å². The predicted octanol–water partition coefficient (Wildman–Crippen LogP) is 1.43. The third-order valence-electron chi connectivity index (χ3n) is 4.77. The van der Waals surface area contributed by atoms with Crippen LogP contribution in [0.2, 0.25) is 0 Å². The average Bonchev–Trinajstić information content (AvgIpc) is 3.38. The number of anilines is 3. The summed E-state index contributed by atoms with van der Waals surface area (Å²) >= 11 is 0. The van der Waals surface area contributed by atoms with Crippen molar-refractivity contribution in [2.24, 2.45) is 21.1 Å². The molecule has 0 saturated heterocycles. The van der Waals surface area contributed by atoms with Gasteiger partial charge in [0, 0.05) is 46.3 Å². The number of aryl methyl sites for hydroxylation is 3. The minimum absolute atomic E-state index is 0.212. The van der Waals surface area contributed by atoms with Crippen molar-refractivity contribution in [1.82, 2.24) is 19.0 Å². The van der Waals surface area contributed by atoms with E-state index in [2.05, 4.69) is 16.0 Å². The molecule has 5 N–H and O–H groups in total. The van der Waals surface area contributed by atoms with Gasteiger partial charge in [0.2, 0.25) is 0 Å². The molecule has 0 aliphatic heterocycles. The molecule has 0 aromatic carbocycles. The molecule has 0 spiro atoms. The van der Waals surface area contributed by atoms with Crippen LogP contribution in [-0.2, 0) is 21.1 Å². The fraction of sp³-hybridized carbons (Fsp3) is 0.238. The van der Waals surface area contributed by atoms with E-state index in [1.165, 1.54) is 0 Å². The van der Waals surface area contributed by atoms with Crippen LogP contribution >= 0.6 is 0 Å². The minimum atomic E-state index is -0.404. The van der Waals surface area contributed by atoms with Crippen LogP contribution < -0.4 is 21.7 Å². The van der Waals surface area contributed by atoms with Crippen molar-refractivity contribution in [3.8, 4) is 6.07 Å². The summed E-state index contributed by atoms with van der Waals surface area (Å²) in [6.07, 6.45) is 5.08. The first-order valence-corrected chi connectivity index (χ1v) is 9.72.